The van der Waals surface area contributed by atoms with Gasteiger partial charge in [0.25, 0.3) is 0 Å². The molecule has 2 aromatic carbocycles. The Morgan fingerprint density at radius 3 is 2.62 bits per heavy atom. The van der Waals surface area contributed by atoms with Crippen molar-refractivity contribution < 1.29 is 29.9 Å². The van der Waals surface area contributed by atoms with Crippen LogP contribution in [0.5, 0.6) is 11.5 Å². The van der Waals surface area contributed by atoms with Crippen molar-refractivity contribution in [2.45, 2.75) is 24.6 Å². The highest BCUT2D eigenvalue weighted by molar-refractivity contribution is 5.89. The Balaban J connectivity index is 1.85. The van der Waals surface area contributed by atoms with E-state index in [-0.39, 0.29) is 12.4 Å². The molecular weight excluding hydrogens is 276 g/mol. The van der Waals surface area contributed by atoms with Crippen molar-refractivity contribution in [3.63, 3.8) is 0 Å². The van der Waals surface area contributed by atoms with Gasteiger partial charge in [0.15, 0.2) is 0 Å². The zero-order chi connectivity index (χ0) is 15.0. The average molecular weight is 292 g/mol. The van der Waals surface area contributed by atoms with Crippen LogP contribution < -0.4 is 4.74 Å². The van der Waals surface area contributed by atoms with Crippen molar-refractivity contribution in [2.75, 3.05) is 6.61 Å². The van der Waals surface area contributed by atoms with Crippen molar-refractivity contribution >= 4 is 10.8 Å². The molecule has 3 rings (SSSR count). The van der Waals surface area contributed by atoms with Gasteiger partial charge in [0, 0.05) is 11.5 Å². The van der Waals surface area contributed by atoms with Crippen LogP contribution in [-0.2, 0) is 4.74 Å². The fourth-order valence-corrected chi connectivity index (χ4v) is 2.35. The third-order valence-electron chi connectivity index (χ3n) is 3.52. The fraction of sp³-hybridized carbons (Fsp3) is 0.333. The monoisotopic (exact) mass is 292 g/mol. The molecule has 1 aliphatic rings. The summed E-state index contributed by atoms with van der Waals surface area (Å²) < 4.78 is 10.6. The number of fused-ring (bicyclic) bond motifs is 1. The topological polar surface area (TPSA) is 99.4 Å². The maximum Gasteiger partial charge on any atom is 0.228 e. The first-order chi connectivity index (χ1) is 10.1. The minimum atomic E-state index is -1.37. The molecule has 0 bridgehead atoms. The van der Waals surface area contributed by atoms with Gasteiger partial charge in [-0.1, -0.05) is 24.3 Å². The van der Waals surface area contributed by atoms with E-state index in [2.05, 4.69) is 0 Å². The van der Waals surface area contributed by atoms with Gasteiger partial charge in [0.1, 0.15) is 29.8 Å². The molecule has 0 aliphatic carbocycles. The molecule has 1 heterocycles. The molecule has 0 radical (unpaired) electrons. The number of rotatable bonds is 2. The first kappa shape index (κ1) is 14.1. The van der Waals surface area contributed by atoms with E-state index in [9.17, 15) is 20.4 Å². The molecular formula is C15H16O6. The Morgan fingerprint density at radius 2 is 1.81 bits per heavy atom. The van der Waals surface area contributed by atoms with Crippen molar-refractivity contribution in [3.8, 4) is 11.5 Å². The normalized spacial score (nSPS) is 29.5. The molecule has 112 valence electrons. The Labute approximate surface area is 120 Å². The molecule has 6 nitrogen and oxygen atoms in total. The number of hydrogen-bond donors (Lipinski definition) is 4. The predicted molar refractivity (Wildman–Crippen MR) is 74.0 cm³/mol. The first-order valence-corrected chi connectivity index (χ1v) is 6.60. The molecule has 0 unspecified atom stereocenters. The molecule has 4 atom stereocenters. The van der Waals surface area contributed by atoms with Gasteiger partial charge in [0.2, 0.25) is 6.29 Å². The van der Waals surface area contributed by atoms with Crippen molar-refractivity contribution in [2.24, 2.45) is 0 Å². The van der Waals surface area contributed by atoms with Crippen LogP contribution in [0.4, 0.5) is 0 Å². The van der Waals surface area contributed by atoms with Crippen LogP contribution in [0.1, 0.15) is 0 Å². The minimum absolute atomic E-state index is 0.0500. The van der Waals surface area contributed by atoms with Gasteiger partial charge in [0.05, 0.1) is 6.61 Å². The van der Waals surface area contributed by atoms with Crippen LogP contribution in [0.15, 0.2) is 36.4 Å². The number of benzene rings is 2. The zero-order valence-electron chi connectivity index (χ0n) is 11.1. The van der Waals surface area contributed by atoms with Crippen molar-refractivity contribution in [1.82, 2.24) is 0 Å². The van der Waals surface area contributed by atoms with E-state index in [4.69, 9.17) is 9.47 Å². The molecule has 1 fully saturated rings. The third kappa shape index (κ3) is 2.66. The number of ether oxygens (including phenoxy) is 2. The molecule has 1 aliphatic heterocycles. The van der Waals surface area contributed by atoms with Gasteiger partial charge >= 0.3 is 0 Å². The number of hydrogen-bond acceptors (Lipinski definition) is 6. The molecule has 2 aromatic rings. The second kappa shape index (κ2) is 5.50. The lowest BCUT2D eigenvalue weighted by molar-refractivity contribution is -0.242. The second-order valence-corrected chi connectivity index (χ2v) is 5.03. The first-order valence-electron chi connectivity index (χ1n) is 6.60. The molecule has 0 saturated carbocycles. The predicted octanol–water partition coefficient (Wildman–Crippen LogP) is 0.363. The van der Waals surface area contributed by atoms with Gasteiger partial charge in [-0.05, 0) is 11.5 Å². The average Bonchev–Trinajstić information content (AvgIpc) is 2.48. The summed E-state index contributed by atoms with van der Waals surface area (Å²) in [5.41, 5.74) is 0. The van der Waals surface area contributed by atoms with E-state index >= 15 is 0 Å². The number of phenols is 1. The highest BCUT2D eigenvalue weighted by Crippen LogP contribution is 2.31. The van der Waals surface area contributed by atoms with Crippen LogP contribution in [0.2, 0.25) is 0 Å². The number of aliphatic hydroxyl groups is 3. The van der Waals surface area contributed by atoms with Crippen molar-refractivity contribution in [3.05, 3.63) is 36.4 Å². The van der Waals surface area contributed by atoms with Crippen LogP contribution in [0.3, 0.4) is 0 Å². The number of aliphatic hydroxyl groups excluding tert-OH is 3. The molecule has 0 aromatic heterocycles. The molecule has 0 amide bonds. The van der Waals surface area contributed by atoms with E-state index in [0.717, 1.165) is 5.39 Å². The zero-order valence-corrected chi connectivity index (χ0v) is 11.1. The fourth-order valence-electron chi connectivity index (χ4n) is 2.35. The highest BCUT2D eigenvalue weighted by Gasteiger charge is 2.39. The van der Waals surface area contributed by atoms with Crippen LogP contribution in [-0.4, -0.2) is 51.6 Å². The van der Waals surface area contributed by atoms with Crippen LogP contribution in [0.25, 0.3) is 10.8 Å². The number of aromatic hydroxyl groups is 1. The molecule has 1 saturated heterocycles. The lowest BCUT2D eigenvalue weighted by Crippen LogP contribution is -2.54. The van der Waals surface area contributed by atoms with E-state index in [1.54, 1.807) is 12.1 Å². The third-order valence-corrected chi connectivity index (χ3v) is 3.52. The summed E-state index contributed by atoms with van der Waals surface area (Å²) in [6.07, 6.45) is -4.96. The summed E-state index contributed by atoms with van der Waals surface area (Å²) in [7, 11) is 0. The SMILES string of the molecule is Oc1cc(O[C@@H]2OC[C@@H](O)[C@H](O)[C@H]2O)cc2ccccc12. The Hall–Kier alpha value is -1.86. The Kier molecular flexibility index (Phi) is 3.69. The van der Waals surface area contributed by atoms with Crippen LogP contribution >= 0.6 is 0 Å². The summed E-state index contributed by atoms with van der Waals surface area (Å²) >= 11 is 0. The molecule has 0 spiro atoms. The summed E-state index contributed by atoms with van der Waals surface area (Å²) in [5, 5.41) is 40.3. The largest absolute Gasteiger partial charge is 0.507 e. The van der Waals surface area contributed by atoms with Gasteiger partial charge < -0.3 is 29.9 Å². The standard InChI is InChI=1S/C15H16O6/c16-11-6-9(5-8-3-1-2-4-10(8)11)21-15-14(19)13(18)12(17)7-20-15/h1-6,12-19H,7H2/t12-,13+,14-,15+/m1/s1. The Morgan fingerprint density at radius 1 is 1.05 bits per heavy atom. The van der Waals surface area contributed by atoms with Gasteiger partial charge in [-0.2, -0.15) is 0 Å². The van der Waals surface area contributed by atoms with Gasteiger partial charge in [-0.25, -0.2) is 0 Å². The summed E-state index contributed by atoms with van der Waals surface area (Å²) in [4.78, 5) is 0. The highest BCUT2D eigenvalue weighted by atomic mass is 16.7. The number of phenolic OH excluding ortho intramolecular Hbond substituents is 1. The van der Waals surface area contributed by atoms with E-state index in [1.807, 2.05) is 18.2 Å². The summed E-state index contributed by atoms with van der Waals surface area (Å²) in [6, 6.07) is 10.4. The summed E-state index contributed by atoms with van der Waals surface area (Å²) in [6.45, 7) is -0.136. The van der Waals surface area contributed by atoms with Crippen LogP contribution in [0, 0.1) is 0 Å². The quantitative estimate of drug-likeness (QED) is 0.638. The van der Waals surface area contributed by atoms with E-state index < -0.39 is 24.6 Å². The lowest BCUT2D eigenvalue weighted by Gasteiger charge is -2.34. The molecule has 21 heavy (non-hydrogen) atoms. The van der Waals surface area contributed by atoms with E-state index in [0.29, 0.717) is 11.1 Å². The van der Waals surface area contributed by atoms with Crippen molar-refractivity contribution in [1.29, 1.82) is 0 Å². The lowest BCUT2D eigenvalue weighted by atomic mass is 10.1. The molecule has 6 heteroatoms. The maximum atomic E-state index is 9.97. The summed E-state index contributed by atoms with van der Waals surface area (Å²) in [5.74, 6) is 0.354. The smallest absolute Gasteiger partial charge is 0.228 e. The second-order valence-electron chi connectivity index (χ2n) is 5.03. The Bertz CT molecular complexity index is 643. The van der Waals surface area contributed by atoms with Gasteiger partial charge in [-0.15, -0.1) is 0 Å². The maximum absolute atomic E-state index is 9.97. The molecule has 4 N–H and O–H groups in total. The van der Waals surface area contributed by atoms with E-state index in [1.165, 1.54) is 6.07 Å². The minimum Gasteiger partial charge on any atom is -0.507 e. The van der Waals surface area contributed by atoms with Gasteiger partial charge in [-0.3, -0.25) is 0 Å².